The van der Waals surface area contributed by atoms with E-state index >= 15 is 0 Å². The molecule has 0 bridgehead atoms. The number of benzene rings is 2. The first kappa shape index (κ1) is 14.7. The molecular formula is C15H15N3S3. The van der Waals surface area contributed by atoms with Gasteiger partial charge in [-0.2, -0.15) is 0 Å². The van der Waals surface area contributed by atoms with Crippen LogP contribution in [-0.2, 0) is 0 Å². The molecule has 1 heterocycles. The fourth-order valence-corrected chi connectivity index (χ4v) is 4.09. The van der Waals surface area contributed by atoms with Crippen LogP contribution >= 0.6 is 35.9 Å². The summed E-state index contributed by atoms with van der Waals surface area (Å²) in [6, 6.07) is 20.8. The number of thioether (sulfide) groups is 1. The van der Waals surface area contributed by atoms with Crippen LogP contribution in [0, 0.1) is 0 Å². The van der Waals surface area contributed by atoms with Gasteiger partial charge in [0.2, 0.25) is 0 Å². The minimum absolute atomic E-state index is 0.793. The minimum atomic E-state index is 0.793. The Labute approximate surface area is 138 Å². The summed E-state index contributed by atoms with van der Waals surface area (Å²) in [6.07, 6.45) is 0. The quantitative estimate of drug-likeness (QED) is 0.498. The van der Waals surface area contributed by atoms with Crippen molar-refractivity contribution in [2.45, 2.75) is 0 Å². The fourth-order valence-electron chi connectivity index (χ4n) is 2.00. The summed E-state index contributed by atoms with van der Waals surface area (Å²) in [6.45, 7) is 0. The second-order valence-electron chi connectivity index (χ2n) is 4.36. The van der Waals surface area contributed by atoms with Gasteiger partial charge in [-0.1, -0.05) is 60.4 Å². The van der Waals surface area contributed by atoms with Crippen molar-refractivity contribution in [3.63, 3.8) is 0 Å². The Hall–Kier alpha value is -1.21. The molecule has 3 rings (SSSR count). The molecule has 0 aromatic heterocycles. The molecule has 1 saturated heterocycles. The summed E-state index contributed by atoms with van der Waals surface area (Å²) < 4.78 is 2.86. The zero-order valence-corrected chi connectivity index (χ0v) is 13.8. The van der Waals surface area contributed by atoms with Crippen LogP contribution in [0.3, 0.4) is 0 Å². The molecule has 0 aliphatic carbocycles. The van der Waals surface area contributed by atoms with Crippen molar-refractivity contribution >= 4 is 51.6 Å². The van der Waals surface area contributed by atoms with Gasteiger partial charge in [0.25, 0.3) is 0 Å². The number of hydrazine groups is 1. The number of hydrogen-bond donors (Lipinski definition) is 1. The van der Waals surface area contributed by atoms with E-state index in [1.54, 1.807) is 23.7 Å². The Morgan fingerprint density at radius 3 is 2.10 bits per heavy atom. The van der Waals surface area contributed by atoms with Gasteiger partial charge >= 0.3 is 0 Å². The van der Waals surface area contributed by atoms with Crippen LogP contribution in [0.2, 0.25) is 0 Å². The van der Waals surface area contributed by atoms with E-state index in [4.69, 9.17) is 12.2 Å². The predicted molar refractivity (Wildman–Crippen MR) is 97.5 cm³/mol. The topological polar surface area (TPSA) is 18.5 Å². The Kier molecular flexibility index (Phi) is 5.03. The summed E-state index contributed by atoms with van der Waals surface area (Å²) >= 11 is 8.64. The Morgan fingerprint density at radius 2 is 1.62 bits per heavy atom. The molecule has 108 valence electrons. The first-order valence-corrected chi connectivity index (χ1v) is 8.89. The minimum Gasteiger partial charge on any atom is -0.330 e. The normalized spacial score (nSPS) is 14.5. The molecule has 21 heavy (non-hydrogen) atoms. The number of nitrogens with zero attached hydrogens (tertiary/aromatic N) is 2. The summed E-state index contributed by atoms with van der Waals surface area (Å²) in [5.41, 5.74) is 5.61. The number of para-hydroxylation sites is 2. The molecule has 1 fully saturated rings. The van der Waals surface area contributed by atoms with Crippen molar-refractivity contribution in [1.82, 2.24) is 9.84 Å². The molecule has 3 nitrogen and oxygen atoms in total. The number of hydrogen-bond acceptors (Lipinski definition) is 5. The van der Waals surface area contributed by atoms with Gasteiger partial charge in [-0.25, -0.2) is 9.84 Å². The van der Waals surface area contributed by atoms with E-state index < -0.39 is 0 Å². The molecule has 0 unspecified atom stereocenters. The monoisotopic (exact) mass is 333 g/mol. The van der Waals surface area contributed by atoms with Crippen molar-refractivity contribution in [3.8, 4) is 0 Å². The van der Waals surface area contributed by atoms with E-state index in [1.165, 1.54) is 11.4 Å². The first-order chi connectivity index (χ1) is 10.3. The Balaban J connectivity index is 1.78. The van der Waals surface area contributed by atoms with Crippen LogP contribution in [0.15, 0.2) is 60.7 Å². The molecule has 2 aromatic carbocycles. The lowest BCUT2D eigenvalue weighted by atomic mass is 10.2. The molecule has 0 saturated carbocycles. The Morgan fingerprint density at radius 1 is 1.05 bits per heavy atom. The van der Waals surface area contributed by atoms with Gasteiger partial charge in [0.15, 0.2) is 4.32 Å². The molecule has 1 N–H and O–H groups in total. The van der Waals surface area contributed by atoms with Gasteiger partial charge in [0.05, 0.1) is 11.8 Å². The molecular weight excluding hydrogens is 318 g/mol. The van der Waals surface area contributed by atoms with Crippen LogP contribution in [0.25, 0.3) is 0 Å². The molecule has 1 aliphatic rings. The predicted octanol–water partition coefficient (Wildman–Crippen LogP) is 4.23. The van der Waals surface area contributed by atoms with E-state index in [0.717, 1.165) is 16.1 Å². The highest BCUT2D eigenvalue weighted by Gasteiger charge is 2.19. The second kappa shape index (κ2) is 7.17. The second-order valence-corrected chi connectivity index (χ2v) is 6.86. The van der Waals surface area contributed by atoms with Crippen molar-refractivity contribution < 1.29 is 0 Å². The average molecular weight is 334 g/mol. The number of nitrogens with one attached hydrogen (secondary N) is 1. The van der Waals surface area contributed by atoms with Crippen LogP contribution in [0.5, 0.6) is 0 Å². The van der Waals surface area contributed by atoms with Gasteiger partial charge in [-0.05, 0) is 36.2 Å². The number of thiocarbonyl (C=S) groups is 1. The summed E-state index contributed by atoms with van der Waals surface area (Å²) in [5, 5.41) is 0. The third kappa shape index (κ3) is 3.71. The highest BCUT2D eigenvalue weighted by Crippen LogP contribution is 2.29. The lowest BCUT2D eigenvalue weighted by molar-refractivity contribution is 0.573. The van der Waals surface area contributed by atoms with Crippen molar-refractivity contribution in [1.29, 1.82) is 0 Å². The third-order valence-electron chi connectivity index (χ3n) is 3.02. The van der Waals surface area contributed by atoms with Gasteiger partial charge in [-0.15, -0.1) is 0 Å². The zero-order chi connectivity index (χ0) is 14.5. The van der Waals surface area contributed by atoms with Crippen molar-refractivity contribution in [2.24, 2.45) is 0 Å². The lowest BCUT2D eigenvalue weighted by Gasteiger charge is -2.26. The lowest BCUT2D eigenvalue weighted by Crippen LogP contribution is -2.29. The molecule has 0 amide bonds. The highest BCUT2D eigenvalue weighted by atomic mass is 32.2. The average Bonchev–Trinajstić information content (AvgIpc) is 2.95. The van der Waals surface area contributed by atoms with Gasteiger partial charge in [0.1, 0.15) is 0 Å². The Bertz CT molecular complexity index is 552. The third-order valence-corrected chi connectivity index (χ3v) is 5.44. The van der Waals surface area contributed by atoms with Crippen LogP contribution in [0.1, 0.15) is 0 Å². The van der Waals surface area contributed by atoms with Gasteiger partial charge in [-0.3, -0.25) is 0 Å². The summed E-state index contributed by atoms with van der Waals surface area (Å²) in [7, 11) is 0. The SMILES string of the molecule is S=C1SCNN1SCN(c1ccccc1)c1ccccc1. The van der Waals surface area contributed by atoms with Crippen molar-refractivity contribution in [2.75, 3.05) is 16.7 Å². The zero-order valence-electron chi connectivity index (χ0n) is 11.3. The molecule has 0 radical (unpaired) electrons. The van der Waals surface area contributed by atoms with E-state index in [-0.39, 0.29) is 0 Å². The maximum absolute atomic E-state index is 5.31. The molecule has 1 aliphatic heterocycles. The first-order valence-electron chi connectivity index (χ1n) is 6.55. The van der Waals surface area contributed by atoms with E-state index in [2.05, 4.69) is 58.9 Å². The van der Waals surface area contributed by atoms with E-state index in [0.29, 0.717) is 0 Å². The molecule has 0 spiro atoms. The van der Waals surface area contributed by atoms with Gasteiger partial charge < -0.3 is 4.90 Å². The van der Waals surface area contributed by atoms with Crippen LogP contribution in [0.4, 0.5) is 11.4 Å². The standard InChI is InChI=1S/C15H15N3S3/c19-15-18(16-11-20-15)21-12-17(13-7-3-1-4-8-13)14-9-5-2-6-10-14/h1-10,16H,11-12H2. The maximum atomic E-state index is 5.31. The van der Waals surface area contributed by atoms with E-state index in [1.807, 2.05) is 16.5 Å². The van der Waals surface area contributed by atoms with Crippen LogP contribution < -0.4 is 10.3 Å². The number of rotatable bonds is 5. The summed E-state index contributed by atoms with van der Waals surface area (Å²) in [5.74, 6) is 1.64. The maximum Gasteiger partial charge on any atom is 0.162 e. The highest BCUT2D eigenvalue weighted by molar-refractivity contribution is 8.24. The van der Waals surface area contributed by atoms with Crippen molar-refractivity contribution in [3.05, 3.63) is 60.7 Å². The summed E-state index contributed by atoms with van der Waals surface area (Å²) in [4.78, 5) is 2.28. The molecule has 0 atom stereocenters. The van der Waals surface area contributed by atoms with E-state index in [9.17, 15) is 0 Å². The smallest absolute Gasteiger partial charge is 0.162 e. The largest absolute Gasteiger partial charge is 0.330 e. The van der Waals surface area contributed by atoms with Crippen LogP contribution in [-0.4, -0.2) is 20.5 Å². The van der Waals surface area contributed by atoms with Gasteiger partial charge in [0, 0.05) is 11.4 Å². The molecule has 6 heteroatoms. The molecule has 2 aromatic rings. The number of anilines is 2. The fraction of sp³-hybridized carbons (Fsp3) is 0.133.